The lowest BCUT2D eigenvalue weighted by molar-refractivity contribution is -0.140. The van der Waals surface area contributed by atoms with Crippen LogP contribution in [0, 0.1) is 11.8 Å². The first-order valence-electron chi connectivity index (χ1n) is 12.1. The van der Waals surface area contributed by atoms with Crippen LogP contribution in [0.3, 0.4) is 0 Å². The fourth-order valence-electron chi connectivity index (χ4n) is 4.15. The molecule has 0 unspecified atom stereocenters. The number of hydrogen-bond acceptors (Lipinski definition) is 5. The predicted molar refractivity (Wildman–Crippen MR) is 133 cm³/mol. The molecule has 6 heteroatoms. The zero-order valence-corrected chi connectivity index (χ0v) is 19.7. The maximum absolute atomic E-state index is 12.6. The SMILES string of the molecule is O=C(NCC1CCC(C(=O)Oc2ccc(OCc3ccccc3)cc2)CC1)OCc1ccccc1. The zero-order valence-electron chi connectivity index (χ0n) is 19.7. The molecule has 1 amide bonds. The number of amides is 1. The monoisotopic (exact) mass is 473 g/mol. The van der Waals surface area contributed by atoms with E-state index in [-0.39, 0.29) is 18.5 Å². The van der Waals surface area contributed by atoms with Gasteiger partial charge in [-0.1, -0.05) is 60.7 Å². The lowest BCUT2D eigenvalue weighted by atomic mass is 9.82. The molecule has 0 aliphatic heterocycles. The summed E-state index contributed by atoms with van der Waals surface area (Å²) in [5.41, 5.74) is 2.05. The van der Waals surface area contributed by atoms with E-state index >= 15 is 0 Å². The van der Waals surface area contributed by atoms with E-state index in [1.54, 1.807) is 12.1 Å². The Hall–Kier alpha value is -3.80. The summed E-state index contributed by atoms with van der Waals surface area (Å²) < 4.78 is 16.6. The fourth-order valence-corrected chi connectivity index (χ4v) is 4.15. The molecule has 1 saturated carbocycles. The Morgan fingerprint density at radius 1 is 0.714 bits per heavy atom. The van der Waals surface area contributed by atoms with Gasteiger partial charge in [0.25, 0.3) is 0 Å². The molecular formula is C29H31NO5. The van der Waals surface area contributed by atoms with E-state index in [1.165, 1.54) is 0 Å². The molecule has 3 aromatic carbocycles. The number of alkyl carbamates (subject to hydrolysis) is 1. The summed E-state index contributed by atoms with van der Waals surface area (Å²) in [4.78, 5) is 24.6. The molecule has 35 heavy (non-hydrogen) atoms. The van der Waals surface area contributed by atoms with Crippen molar-refractivity contribution in [2.75, 3.05) is 6.54 Å². The number of nitrogens with one attached hydrogen (secondary N) is 1. The topological polar surface area (TPSA) is 73.9 Å². The predicted octanol–water partition coefficient (Wildman–Crippen LogP) is 5.90. The van der Waals surface area contributed by atoms with Gasteiger partial charge in [-0.25, -0.2) is 4.79 Å². The maximum atomic E-state index is 12.6. The van der Waals surface area contributed by atoms with Crippen molar-refractivity contribution in [1.29, 1.82) is 0 Å². The van der Waals surface area contributed by atoms with Crippen LogP contribution in [0.15, 0.2) is 84.9 Å². The van der Waals surface area contributed by atoms with Crippen molar-refractivity contribution in [3.63, 3.8) is 0 Å². The normalized spacial score (nSPS) is 17.3. The van der Waals surface area contributed by atoms with E-state index in [9.17, 15) is 9.59 Å². The molecule has 0 spiro atoms. The molecule has 1 fully saturated rings. The molecule has 0 radical (unpaired) electrons. The first-order chi connectivity index (χ1) is 17.2. The summed E-state index contributed by atoms with van der Waals surface area (Å²) in [5.74, 6) is 1.27. The Morgan fingerprint density at radius 2 is 1.29 bits per heavy atom. The molecule has 1 aliphatic carbocycles. The van der Waals surface area contributed by atoms with Crippen LogP contribution < -0.4 is 14.8 Å². The minimum Gasteiger partial charge on any atom is -0.489 e. The van der Waals surface area contributed by atoms with E-state index < -0.39 is 6.09 Å². The highest BCUT2D eigenvalue weighted by molar-refractivity contribution is 5.75. The first kappa shape index (κ1) is 24.3. The van der Waals surface area contributed by atoms with Gasteiger partial charge in [-0.05, 0) is 67.0 Å². The Morgan fingerprint density at radius 3 is 1.91 bits per heavy atom. The van der Waals surface area contributed by atoms with Crippen LogP contribution in [0.5, 0.6) is 11.5 Å². The van der Waals surface area contributed by atoms with E-state index in [1.807, 2.05) is 72.8 Å². The molecule has 6 nitrogen and oxygen atoms in total. The van der Waals surface area contributed by atoms with Crippen molar-refractivity contribution >= 4 is 12.1 Å². The molecule has 182 valence electrons. The molecular weight excluding hydrogens is 442 g/mol. The van der Waals surface area contributed by atoms with Crippen LogP contribution >= 0.6 is 0 Å². The van der Waals surface area contributed by atoms with E-state index in [4.69, 9.17) is 14.2 Å². The van der Waals surface area contributed by atoms with Crippen LogP contribution in [-0.2, 0) is 22.7 Å². The van der Waals surface area contributed by atoms with Gasteiger partial charge in [-0.3, -0.25) is 4.79 Å². The van der Waals surface area contributed by atoms with Gasteiger partial charge in [-0.15, -0.1) is 0 Å². The van der Waals surface area contributed by atoms with E-state index in [0.717, 1.165) is 42.6 Å². The molecule has 0 heterocycles. The van der Waals surface area contributed by atoms with Crippen LogP contribution in [0.2, 0.25) is 0 Å². The smallest absolute Gasteiger partial charge is 0.407 e. The van der Waals surface area contributed by atoms with Gasteiger partial charge < -0.3 is 19.5 Å². The standard InChI is InChI=1S/C29H31NO5/c31-28(35-27-17-15-26(16-18-27)33-20-23-7-3-1-4-8-23)25-13-11-22(12-14-25)19-30-29(32)34-21-24-9-5-2-6-10-24/h1-10,15-18,22,25H,11-14,19-21H2,(H,30,32). The average molecular weight is 474 g/mol. The Balaban J connectivity index is 1.13. The number of hydrogen-bond donors (Lipinski definition) is 1. The highest BCUT2D eigenvalue weighted by atomic mass is 16.5. The third-order valence-electron chi connectivity index (χ3n) is 6.22. The van der Waals surface area contributed by atoms with Crippen molar-refractivity contribution < 1.29 is 23.8 Å². The van der Waals surface area contributed by atoms with Crippen molar-refractivity contribution in [1.82, 2.24) is 5.32 Å². The van der Waals surface area contributed by atoms with Crippen LogP contribution in [0.4, 0.5) is 4.79 Å². The summed E-state index contributed by atoms with van der Waals surface area (Å²) >= 11 is 0. The number of esters is 1. The van der Waals surface area contributed by atoms with Gasteiger partial charge in [0.05, 0.1) is 5.92 Å². The second kappa shape index (κ2) is 12.6. The number of carbonyl (C=O) groups excluding carboxylic acids is 2. The van der Waals surface area contributed by atoms with Gasteiger partial charge in [0.1, 0.15) is 24.7 Å². The van der Waals surface area contributed by atoms with Gasteiger partial charge in [0.2, 0.25) is 0 Å². The van der Waals surface area contributed by atoms with Gasteiger partial charge in [0.15, 0.2) is 0 Å². The minimum absolute atomic E-state index is 0.120. The minimum atomic E-state index is -0.411. The zero-order chi connectivity index (χ0) is 24.3. The summed E-state index contributed by atoms with van der Waals surface area (Å²) in [5, 5.41) is 2.84. The van der Waals surface area contributed by atoms with Crippen molar-refractivity contribution in [3.8, 4) is 11.5 Å². The lowest BCUT2D eigenvalue weighted by Gasteiger charge is -2.27. The molecule has 0 saturated heterocycles. The van der Waals surface area contributed by atoms with Gasteiger partial charge >= 0.3 is 12.1 Å². The summed E-state index contributed by atoms with van der Waals surface area (Å²) in [7, 11) is 0. The van der Waals surface area contributed by atoms with Gasteiger partial charge in [-0.2, -0.15) is 0 Å². The second-order valence-electron chi connectivity index (χ2n) is 8.83. The highest BCUT2D eigenvalue weighted by Gasteiger charge is 2.28. The first-order valence-corrected chi connectivity index (χ1v) is 12.1. The Labute approximate surface area is 206 Å². The number of benzene rings is 3. The molecule has 0 atom stereocenters. The summed E-state index contributed by atoms with van der Waals surface area (Å²) in [6, 6.07) is 26.7. The number of carbonyl (C=O) groups is 2. The quantitative estimate of drug-likeness (QED) is 0.309. The number of ether oxygens (including phenoxy) is 3. The van der Waals surface area contributed by atoms with Gasteiger partial charge in [0, 0.05) is 6.54 Å². The second-order valence-corrected chi connectivity index (χ2v) is 8.83. The molecule has 3 aromatic rings. The molecule has 4 rings (SSSR count). The third-order valence-corrected chi connectivity index (χ3v) is 6.22. The summed E-state index contributed by atoms with van der Waals surface area (Å²) in [6.45, 7) is 1.30. The molecule has 0 bridgehead atoms. The molecule has 1 aliphatic rings. The molecule has 0 aromatic heterocycles. The molecule has 1 N–H and O–H groups in total. The summed E-state index contributed by atoms with van der Waals surface area (Å²) in [6.07, 6.45) is 2.83. The van der Waals surface area contributed by atoms with E-state index in [0.29, 0.717) is 24.8 Å². The lowest BCUT2D eigenvalue weighted by Crippen LogP contribution is -2.33. The van der Waals surface area contributed by atoms with E-state index in [2.05, 4.69) is 5.32 Å². The maximum Gasteiger partial charge on any atom is 0.407 e. The number of rotatable bonds is 9. The van der Waals surface area contributed by atoms with Crippen molar-refractivity contribution in [2.45, 2.75) is 38.9 Å². The van der Waals surface area contributed by atoms with Crippen LogP contribution in [0.1, 0.15) is 36.8 Å². The third kappa shape index (κ3) is 7.88. The Kier molecular flexibility index (Phi) is 8.76. The largest absolute Gasteiger partial charge is 0.489 e. The average Bonchev–Trinajstić information content (AvgIpc) is 2.92. The highest BCUT2D eigenvalue weighted by Crippen LogP contribution is 2.30. The fraction of sp³-hybridized carbons (Fsp3) is 0.310. The van der Waals surface area contributed by atoms with Crippen molar-refractivity contribution in [3.05, 3.63) is 96.1 Å². The Bertz CT molecular complexity index is 1060. The van der Waals surface area contributed by atoms with Crippen molar-refractivity contribution in [2.24, 2.45) is 11.8 Å². The van der Waals surface area contributed by atoms with Crippen LogP contribution in [0.25, 0.3) is 0 Å². The van der Waals surface area contributed by atoms with Crippen LogP contribution in [-0.4, -0.2) is 18.6 Å².